The third-order valence-electron chi connectivity index (χ3n) is 3.09. The van der Waals surface area contributed by atoms with Gasteiger partial charge in [-0.2, -0.15) is 0 Å². The summed E-state index contributed by atoms with van der Waals surface area (Å²) in [6.07, 6.45) is 0. The molecule has 1 aromatic carbocycles. The third-order valence-corrected chi connectivity index (χ3v) is 3.09. The van der Waals surface area contributed by atoms with Crippen LogP contribution in [-0.4, -0.2) is 46.5 Å². The van der Waals surface area contributed by atoms with Crippen molar-refractivity contribution < 1.29 is 33.3 Å². The molecular formula is C16H22O7. The average Bonchev–Trinajstić information content (AvgIpc) is 2.55. The van der Waals surface area contributed by atoms with Gasteiger partial charge in [0.2, 0.25) is 0 Å². The topological polar surface area (TPSA) is 80.3 Å². The summed E-state index contributed by atoms with van der Waals surface area (Å²) in [7, 11) is 4.33. The fourth-order valence-corrected chi connectivity index (χ4v) is 2.10. The van der Waals surface area contributed by atoms with E-state index in [0.29, 0.717) is 5.75 Å². The fourth-order valence-electron chi connectivity index (χ4n) is 2.10. The maximum atomic E-state index is 12.3. The quantitative estimate of drug-likeness (QED) is 0.533. The van der Waals surface area contributed by atoms with Crippen molar-refractivity contribution in [3.05, 3.63) is 17.7 Å². The average molecular weight is 326 g/mol. The van der Waals surface area contributed by atoms with Gasteiger partial charge < -0.3 is 23.7 Å². The van der Waals surface area contributed by atoms with E-state index in [9.17, 15) is 9.59 Å². The second-order valence-corrected chi connectivity index (χ2v) is 4.38. The SMILES string of the molecule is CCOC(=O)C(C(=O)OCC)c1c(OC)cc(OC)cc1OC. The van der Waals surface area contributed by atoms with Gasteiger partial charge in [-0.1, -0.05) is 0 Å². The van der Waals surface area contributed by atoms with E-state index >= 15 is 0 Å². The summed E-state index contributed by atoms with van der Waals surface area (Å²) in [6, 6.07) is 3.12. The monoisotopic (exact) mass is 326 g/mol. The highest BCUT2D eigenvalue weighted by Gasteiger charge is 2.37. The number of hydrogen-bond donors (Lipinski definition) is 0. The normalized spacial score (nSPS) is 10.2. The van der Waals surface area contributed by atoms with Crippen LogP contribution in [0.25, 0.3) is 0 Å². The Bertz CT molecular complexity index is 510. The Hall–Kier alpha value is -2.44. The molecule has 0 aliphatic rings. The van der Waals surface area contributed by atoms with E-state index in [-0.39, 0.29) is 30.3 Å². The van der Waals surface area contributed by atoms with Crippen molar-refractivity contribution in [3.63, 3.8) is 0 Å². The molecule has 0 atom stereocenters. The van der Waals surface area contributed by atoms with Crippen molar-refractivity contribution in [3.8, 4) is 17.2 Å². The molecule has 23 heavy (non-hydrogen) atoms. The second kappa shape index (κ2) is 8.87. The van der Waals surface area contributed by atoms with Crippen molar-refractivity contribution >= 4 is 11.9 Å². The molecule has 7 nitrogen and oxygen atoms in total. The summed E-state index contributed by atoms with van der Waals surface area (Å²) in [6.45, 7) is 3.58. The smallest absolute Gasteiger partial charge is 0.325 e. The van der Waals surface area contributed by atoms with Crippen molar-refractivity contribution in [1.29, 1.82) is 0 Å². The number of rotatable bonds is 8. The Balaban J connectivity index is 3.49. The molecule has 0 spiro atoms. The van der Waals surface area contributed by atoms with Crippen LogP contribution in [0, 0.1) is 0 Å². The molecule has 0 fully saturated rings. The molecule has 0 radical (unpaired) electrons. The molecule has 0 N–H and O–H groups in total. The Morgan fingerprint density at radius 1 is 0.870 bits per heavy atom. The van der Waals surface area contributed by atoms with Gasteiger partial charge in [0, 0.05) is 12.1 Å². The summed E-state index contributed by atoms with van der Waals surface area (Å²) in [5, 5.41) is 0. The Morgan fingerprint density at radius 2 is 1.30 bits per heavy atom. The third kappa shape index (κ3) is 4.28. The molecular weight excluding hydrogens is 304 g/mol. The van der Waals surface area contributed by atoms with Crippen molar-refractivity contribution in [2.45, 2.75) is 19.8 Å². The number of methoxy groups -OCH3 is 3. The largest absolute Gasteiger partial charge is 0.496 e. The lowest BCUT2D eigenvalue weighted by Crippen LogP contribution is -2.27. The van der Waals surface area contributed by atoms with Crippen LogP contribution in [0.1, 0.15) is 25.3 Å². The highest BCUT2D eigenvalue weighted by molar-refractivity contribution is 6.02. The maximum absolute atomic E-state index is 12.3. The van der Waals surface area contributed by atoms with Crippen LogP contribution in [-0.2, 0) is 19.1 Å². The summed E-state index contributed by atoms with van der Waals surface area (Å²) in [5.74, 6) is -1.75. The van der Waals surface area contributed by atoms with Gasteiger partial charge in [0.1, 0.15) is 17.2 Å². The molecule has 0 saturated carbocycles. The first-order valence-corrected chi connectivity index (χ1v) is 7.17. The number of esters is 2. The van der Waals surface area contributed by atoms with Crippen LogP contribution in [0.5, 0.6) is 17.2 Å². The second-order valence-electron chi connectivity index (χ2n) is 4.38. The zero-order valence-corrected chi connectivity index (χ0v) is 14.0. The van der Waals surface area contributed by atoms with E-state index in [1.807, 2.05) is 0 Å². The van der Waals surface area contributed by atoms with E-state index in [0.717, 1.165) is 0 Å². The molecule has 0 bridgehead atoms. The van der Waals surface area contributed by atoms with E-state index in [1.165, 1.54) is 21.3 Å². The molecule has 0 aliphatic carbocycles. The Kier molecular flexibility index (Phi) is 7.18. The van der Waals surface area contributed by atoms with Gasteiger partial charge in [-0.05, 0) is 13.8 Å². The molecule has 128 valence electrons. The molecule has 0 heterocycles. The minimum Gasteiger partial charge on any atom is -0.496 e. The fraction of sp³-hybridized carbons (Fsp3) is 0.500. The number of carbonyl (C=O) groups excluding carboxylic acids is 2. The molecule has 0 aliphatic heterocycles. The summed E-state index contributed by atoms with van der Waals surface area (Å²) in [4.78, 5) is 24.6. The van der Waals surface area contributed by atoms with E-state index in [1.54, 1.807) is 26.0 Å². The molecule has 0 saturated heterocycles. The van der Waals surface area contributed by atoms with Crippen LogP contribution in [0.15, 0.2) is 12.1 Å². The van der Waals surface area contributed by atoms with Gasteiger partial charge in [0.15, 0.2) is 5.92 Å². The van der Waals surface area contributed by atoms with Crippen molar-refractivity contribution in [2.24, 2.45) is 0 Å². The van der Waals surface area contributed by atoms with E-state index < -0.39 is 17.9 Å². The zero-order valence-electron chi connectivity index (χ0n) is 14.0. The molecule has 0 aromatic heterocycles. The first kappa shape index (κ1) is 18.6. The van der Waals surface area contributed by atoms with Gasteiger partial charge in [-0.15, -0.1) is 0 Å². The summed E-state index contributed by atoms with van der Waals surface area (Å²) in [5.41, 5.74) is 0.243. The first-order valence-electron chi connectivity index (χ1n) is 7.17. The van der Waals surface area contributed by atoms with Gasteiger partial charge in [0.05, 0.1) is 40.1 Å². The highest BCUT2D eigenvalue weighted by Crippen LogP contribution is 2.40. The minimum absolute atomic E-state index is 0.134. The van der Waals surface area contributed by atoms with Crippen LogP contribution < -0.4 is 14.2 Å². The van der Waals surface area contributed by atoms with Crippen molar-refractivity contribution in [1.82, 2.24) is 0 Å². The van der Waals surface area contributed by atoms with E-state index in [4.69, 9.17) is 23.7 Å². The number of ether oxygens (including phenoxy) is 5. The predicted molar refractivity (Wildman–Crippen MR) is 82.1 cm³/mol. The van der Waals surface area contributed by atoms with Crippen LogP contribution in [0.2, 0.25) is 0 Å². The van der Waals surface area contributed by atoms with Gasteiger partial charge >= 0.3 is 11.9 Å². The zero-order chi connectivity index (χ0) is 17.4. The number of carbonyl (C=O) groups is 2. The molecule has 7 heteroatoms. The summed E-state index contributed by atoms with van der Waals surface area (Å²) >= 11 is 0. The van der Waals surface area contributed by atoms with Crippen molar-refractivity contribution in [2.75, 3.05) is 34.5 Å². The molecule has 0 unspecified atom stereocenters. The first-order chi connectivity index (χ1) is 11.0. The summed E-state index contributed by atoms with van der Waals surface area (Å²) < 4.78 is 25.7. The van der Waals surface area contributed by atoms with Gasteiger partial charge in [-0.25, -0.2) is 0 Å². The lowest BCUT2D eigenvalue weighted by atomic mass is 9.96. The van der Waals surface area contributed by atoms with E-state index in [2.05, 4.69) is 0 Å². The van der Waals surface area contributed by atoms with Crippen LogP contribution in [0.3, 0.4) is 0 Å². The lowest BCUT2D eigenvalue weighted by molar-refractivity contribution is -0.157. The standard InChI is InChI=1S/C16H22O7/c1-6-22-15(17)14(16(18)23-7-2)13-11(20-4)8-10(19-3)9-12(13)21-5/h8-9,14H,6-7H2,1-5H3. The minimum atomic E-state index is -1.30. The van der Waals surface area contributed by atoms with Crippen LogP contribution >= 0.6 is 0 Å². The van der Waals surface area contributed by atoms with Gasteiger partial charge in [-0.3, -0.25) is 9.59 Å². The highest BCUT2D eigenvalue weighted by atomic mass is 16.6. The predicted octanol–water partition coefficient (Wildman–Crippen LogP) is 1.92. The van der Waals surface area contributed by atoms with Gasteiger partial charge in [0.25, 0.3) is 0 Å². The Labute approximate surface area is 135 Å². The number of hydrogen-bond acceptors (Lipinski definition) is 7. The Morgan fingerprint density at radius 3 is 1.61 bits per heavy atom. The van der Waals surface area contributed by atoms with Crippen LogP contribution in [0.4, 0.5) is 0 Å². The molecule has 1 rings (SSSR count). The number of benzene rings is 1. The molecule has 0 amide bonds. The maximum Gasteiger partial charge on any atom is 0.325 e. The molecule has 1 aromatic rings. The lowest BCUT2D eigenvalue weighted by Gasteiger charge is -2.20.